The predicted octanol–water partition coefficient (Wildman–Crippen LogP) is 3.23. The van der Waals surface area contributed by atoms with Crippen LogP contribution in [0, 0.1) is 5.41 Å². The fraction of sp³-hybridized carbons (Fsp3) is 0.400. The fourth-order valence-corrected chi connectivity index (χ4v) is 6.45. The second kappa shape index (κ2) is 9.73. The molecule has 198 valence electrons. The summed E-state index contributed by atoms with van der Waals surface area (Å²) in [5.41, 5.74) is 5.47. The predicted molar refractivity (Wildman–Crippen MR) is 133 cm³/mol. The van der Waals surface area contributed by atoms with Crippen LogP contribution in [0.5, 0.6) is 5.75 Å². The van der Waals surface area contributed by atoms with Crippen molar-refractivity contribution in [2.75, 3.05) is 11.5 Å². The molecule has 3 aromatic rings. The van der Waals surface area contributed by atoms with Gasteiger partial charge in [-0.1, -0.05) is 13.0 Å². The van der Waals surface area contributed by atoms with E-state index in [1.807, 2.05) is 6.92 Å². The van der Waals surface area contributed by atoms with Crippen LogP contribution in [0.1, 0.15) is 49.5 Å². The molecule has 1 atom stereocenters. The van der Waals surface area contributed by atoms with Gasteiger partial charge in [0.05, 0.1) is 28.2 Å². The minimum atomic E-state index is -3.09. The van der Waals surface area contributed by atoms with Gasteiger partial charge in [-0.05, 0) is 55.5 Å². The van der Waals surface area contributed by atoms with Gasteiger partial charge >= 0.3 is 12.3 Å². The molecule has 0 radical (unpaired) electrons. The van der Waals surface area contributed by atoms with E-state index in [4.69, 9.17) is 5.73 Å². The van der Waals surface area contributed by atoms with Gasteiger partial charge < -0.3 is 10.5 Å². The lowest BCUT2D eigenvalue weighted by Crippen LogP contribution is -2.33. The van der Waals surface area contributed by atoms with Crippen LogP contribution in [0.3, 0.4) is 0 Å². The number of sulfone groups is 1. The number of Topliss-reactive ketones (excluding diaryl/α,β-unsaturated/α-hetero) is 1. The van der Waals surface area contributed by atoms with Crippen molar-refractivity contribution in [2.24, 2.45) is 11.1 Å². The number of benzene rings is 2. The number of ketones is 1. The third kappa shape index (κ3) is 5.43. The monoisotopic (exact) mass is 535 g/mol. The summed E-state index contributed by atoms with van der Waals surface area (Å²) in [5, 5.41) is 0. The van der Waals surface area contributed by atoms with E-state index in [9.17, 15) is 31.6 Å². The van der Waals surface area contributed by atoms with Gasteiger partial charge in [0, 0.05) is 18.1 Å². The van der Waals surface area contributed by atoms with Crippen molar-refractivity contribution in [1.29, 1.82) is 0 Å². The number of carbonyl (C=O) groups is 2. The maximum atomic E-state index is 13.5. The topological polar surface area (TPSA) is 130 Å². The molecule has 0 spiro atoms. The van der Waals surface area contributed by atoms with Gasteiger partial charge in [-0.15, -0.1) is 0 Å². The maximum absolute atomic E-state index is 13.5. The third-order valence-electron chi connectivity index (χ3n) is 6.92. The highest BCUT2D eigenvalue weighted by atomic mass is 32.2. The number of hydrogen-bond donors (Lipinski definition) is 1. The minimum Gasteiger partial charge on any atom is -0.435 e. The Kier molecular flexibility index (Phi) is 6.97. The van der Waals surface area contributed by atoms with Gasteiger partial charge in [0.2, 0.25) is 5.91 Å². The number of halogens is 2. The zero-order valence-electron chi connectivity index (χ0n) is 20.3. The van der Waals surface area contributed by atoms with E-state index in [1.165, 1.54) is 41.8 Å². The molecule has 0 saturated carbocycles. The zero-order chi connectivity index (χ0) is 27.1. The standard InChI is InChI=1S/C25H27F2N3O6S/c1-15(22(28)32)29-20-12-16(21(31)14-25(2)8-10-37(34,35)11-9-25)6-7-19(20)30(24(29)33)17-4-3-5-18(13-17)36-23(26)27/h3-7,12-13,15,23H,8-11,14H2,1-2H3,(H2,28,32). The highest BCUT2D eigenvalue weighted by molar-refractivity contribution is 7.91. The molecule has 9 nitrogen and oxygen atoms in total. The lowest BCUT2D eigenvalue weighted by Gasteiger charge is -2.32. The van der Waals surface area contributed by atoms with Crippen molar-refractivity contribution in [2.45, 2.75) is 45.8 Å². The summed E-state index contributed by atoms with van der Waals surface area (Å²) in [6.45, 7) is 0.276. The van der Waals surface area contributed by atoms with E-state index in [2.05, 4.69) is 4.74 Å². The van der Waals surface area contributed by atoms with Crippen molar-refractivity contribution >= 4 is 32.6 Å². The Bertz CT molecular complexity index is 1530. The molecular formula is C25H27F2N3O6S. The lowest BCUT2D eigenvalue weighted by molar-refractivity contribution is -0.120. The number of imidazole rings is 1. The molecule has 1 aromatic heterocycles. The number of fused-ring (bicyclic) bond motifs is 1. The van der Waals surface area contributed by atoms with Gasteiger partial charge in [-0.3, -0.25) is 18.7 Å². The highest BCUT2D eigenvalue weighted by Crippen LogP contribution is 2.37. The Hall–Kier alpha value is -3.54. The molecule has 0 aliphatic carbocycles. The summed E-state index contributed by atoms with van der Waals surface area (Å²) in [6.07, 6.45) is 0.873. The Balaban J connectivity index is 1.79. The number of primary amides is 1. The van der Waals surface area contributed by atoms with Gasteiger partial charge in [0.1, 0.15) is 21.6 Å². The van der Waals surface area contributed by atoms with Crippen LogP contribution >= 0.6 is 0 Å². The van der Waals surface area contributed by atoms with E-state index in [0.717, 1.165) is 4.57 Å². The van der Waals surface area contributed by atoms with Crippen LogP contribution in [-0.2, 0) is 14.6 Å². The molecular weight excluding hydrogens is 508 g/mol. The molecule has 1 saturated heterocycles. The SMILES string of the molecule is CC(C(N)=O)n1c(=O)n(-c2cccc(OC(F)F)c2)c2ccc(C(=O)CC3(C)CCS(=O)(=O)CC3)cc21. The van der Waals surface area contributed by atoms with E-state index >= 15 is 0 Å². The van der Waals surface area contributed by atoms with E-state index in [1.54, 1.807) is 12.1 Å². The molecule has 1 aliphatic rings. The van der Waals surface area contributed by atoms with Crippen molar-refractivity contribution in [3.05, 3.63) is 58.5 Å². The van der Waals surface area contributed by atoms with Crippen molar-refractivity contribution in [1.82, 2.24) is 9.13 Å². The Morgan fingerprint density at radius 2 is 1.78 bits per heavy atom. The highest BCUT2D eigenvalue weighted by Gasteiger charge is 2.35. The molecule has 37 heavy (non-hydrogen) atoms. The number of nitrogens with zero attached hydrogens (tertiary/aromatic N) is 2. The summed E-state index contributed by atoms with van der Waals surface area (Å²) in [4.78, 5) is 38.7. The Morgan fingerprint density at radius 3 is 2.41 bits per heavy atom. The van der Waals surface area contributed by atoms with Crippen LogP contribution in [0.25, 0.3) is 16.7 Å². The normalized spacial score (nSPS) is 17.5. The van der Waals surface area contributed by atoms with Crippen LogP contribution in [0.4, 0.5) is 8.78 Å². The maximum Gasteiger partial charge on any atom is 0.387 e. The van der Waals surface area contributed by atoms with Crippen LogP contribution in [0.15, 0.2) is 47.3 Å². The number of hydrogen-bond acceptors (Lipinski definition) is 6. The Morgan fingerprint density at radius 1 is 1.11 bits per heavy atom. The number of aromatic nitrogens is 2. The number of rotatable bonds is 8. The molecule has 1 amide bonds. The minimum absolute atomic E-state index is 0.0304. The van der Waals surface area contributed by atoms with Crippen molar-refractivity contribution in [3.63, 3.8) is 0 Å². The molecule has 0 bridgehead atoms. The fourth-order valence-electron chi connectivity index (χ4n) is 4.64. The quantitative estimate of drug-likeness (QED) is 0.441. The van der Waals surface area contributed by atoms with Crippen LogP contribution in [0.2, 0.25) is 0 Å². The van der Waals surface area contributed by atoms with Gasteiger partial charge in [0.25, 0.3) is 0 Å². The van der Waals surface area contributed by atoms with Crippen LogP contribution < -0.4 is 16.2 Å². The average molecular weight is 536 g/mol. The average Bonchev–Trinajstić information content (AvgIpc) is 3.11. The summed E-state index contributed by atoms with van der Waals surface area (Å²) < 4.78 is 55.9. The summed E-state index contributed by atoms with van der Waals surface area (Å²) in [5.74, 6) is -1.10. The zero-order valence-corrected chi connectivity index (χ0v) is 21.1. The number of ether oxygens (including phenoxy) is 1. The van der Waals surface area contributed by atoms with Gasteiger partial charge in [0.15, 0.2) is 5.78 Å². The van der Waals surface area contributed by atoms with Crippen molar-refractivity contribution < 1.29 is 31.5 Å². The first-order valence-electron chi connectivity index (χ1n) is 11.7. The lowest BCUT2D eigenvalue weighted by atomic mass is 9.78. The van der Waals surface area contributed by atoms with Gasteiger partial charge in [-0.2, -0.15) is 8.78 Å². The molecule has 1 unspecified atom stereocenters. The molecule has 2 heterocycles. The number of carbonyl (C=O) groups excluding carboxylic acids is 2. The summed E-state index contributed by atoms with van der Waals surface area (Å²) in [7, 11) is -3.09. The first-order valence-corrected chi connectivity index (χ1v) is 13.5. The summed E-state index contributed by atoms with van der Waals surface area (Å²) >= 11 is 0. The van der Waals surface area contributed by atoms with Crippen molar-refractivity contribution in [3.8, 4) is 11.4 Å². The van der Waals surface area contributed by atoms with E-state index < -0.39 is 39.5 Å². The third-order valence-corrected chi connectivity index (χ3v) is 8.57. The first kappa shape index (κ1) is 26.5. The second-order valence-electron chi connectivity index (χ2n) is 9.71. The smallest absolute Gasteiger partial charge is 0.387 e. The second-order valence-corrected chi connectivity index (χ2v) is 12.0. The van der Waals surface area contributed by atoms with Crippen LogP contribution in [-0.4, -0.2) is 47.4 Å². The molecule has 12 heteroatoms. The molecule has 2 N–H and O–H groups in total. The molecule has 4 rings (SSSR count). The number of amides is 1. The number of nitrogens with two attached hydrogens (primary N) is 1. The first-order chi connectivity index (χ1) is 17.3. The van der Waals surface area contributed by atoms with E-state index in [0.29, 0.717) is 23.9 Å². The van der Waals surface area contributed by atoms with Gasteiger partial charge in [-0.25, -0.2) is 13.2 Å². The van der Waals surface area contributed by atoms with E-state index in [-0.39, 0.29) is 40.7 Å². The Labute approximate surface area is 211 Å². The largest absolute Gasteiger partial charge is 0.435 e. The molecule has 1 aliphatic heterocycles. The molecule has 2 aromatic carbocycles. The number of alkyl halides is 2. The molecule has 1 fully saturated rings. The summed E-state index contributed by atoms with van der Waals surface area (Å²) in [6, 6.07) is 9.08.